The molecular formula is C33H20N4O3. The van der Waals surface area contributed by atoms with E-state index in [2.05, 4.69) is 4.98 Å². The van der Waals surface area contributed by atoms with Crippen molar-refractivity contribution in [2.45, 2.75) is 0 Å². The van der Waals surface area contributed by atoms with Crippen molar-refractivity contribution in [3.63, 3.8) is 0 Å². The molecule has 8 rings (SSSR count). The van der Waals surface area contributed by atoms with Crippen molar-refractivity contribution >= 4 is 38.7 Å². The van der Waals surface area contributed by atoms with Crippen LogP contribution < -0.4 is 11.4 Å². The zero-order chi connectivity index (χ0) is 26.8. The Balaban J connectivity index is 1.47. The van der Waals surface area contributed by atoms with Crippen LogP contribution in [-0.4, -0.2) is 18.5 Å². The van der Waals surface area contributed by atoms with Crippen LogP contribution in [0.3, 0.4) is 0 Å². The van der Waals surface area contributed by atoms with Crippen LogP contribution in [0.15, 0.2) is 135 Å². The molecule has 40 heavy (non-hydrogen) atoms. The average Bonchev–Trinajstić information content (AvgIpc) is 3.53. The van der Waals surface area contributed by atoms with E-state index in [0.717, 1.165) is 32.3 Å². The third kappa shape index (κ3) is 3.15. The van der Waals surface area contributed by atoms with Crippen molar-refractivity contribution in [3.05, 3.63) is 142 Å². The lowest BCUT2D eigenvalue weighted by Gasteiger charge is -2.08. The Bertz CT molecular complexity index is 2360. The quantitative estimate of drug-likeness (QED) is 0.272. The molecule has 0 spiro atoms. The van der Waals surface area contributed by atoms with E-state index in [4.69, 9.17) is 4.42 Å². The summed E-state index contributed by atoms with van der Waals surface area (Å²) in [6.07, 6.45) is 0. The van der Waals surface area contributed by atoms with Gasteiger partial charge in [-0.15, -0.1) is 0 Å². The van der Waals surface area contributed by atoms with Gasteiger partial charge in [0.1, 0.15) is 11.2 Å². The van der Waals surface area contributed by atoms with E-state index in [9.17, 15) is 9.59 Å². The summed E-state index contributed by atoms with van der Waals surface area (Å²) >= 11 is 0. The van der Waals surface area contributed by atoms with E-state index in [1.165, 1.54) is 4.40 Å². The largest absolute Gasteiger partial charge is 0.456 e. The molecule has 0 radical (unpaired) electrons. The molecule has 0 N–H and O–H groups in total. The SMILES string of the molecule is O=c1nc2n(-c3ccccc3)c3ccccc3n2c(=O)n1-c1cccc2oc3ccc(-c4ccccc4)cc3c12. The standard InChI is InChI=1S/C33H20N4O3/c38-32-34-31-35(23-12-5-2-6-13-23)25-14-7-8-15-26(25)36(31)33(39)37(32)27-16-9-17-29-30(27)24-20-22(18-19-28(24)40-29)21-10-3-1-4-11-21/h1-20H. The minimum absolute atomic E-state index is 0.259. The highest BCUT2D eigenvalue weighted by atomic mass is 16.3. The molecule has 0 bridgehead atoms. The maximum Gasteiger partial charge on any atom is 0.359 e. The second-order valence-corrected chi connectivity index (χ2v) is 9.64. The van der Waals surface area contributed by atoms with Gasteiger partial charge in [0.15, 0.2) is 0 Å². The lowest BCUT2D eigenvalue weighted by Crippen LogP contribution is -2.38. The van der Waals surface area contributed by atoms with Crippen molar-refractivity contribution in [3.8, 4) is 22.5 Å². The Kier molecular flexibility index (Phi) is 4.69. The predicted octanol–water partition coefficient (Wildman–Crippen LogP) is 6.36. The van der Waals surface area contributed by atoms with Gasteiger partial charge >= 0.3 is 11.4 Å². The highest BCUT2D eigenvalue weighted by molar-refractivity contribution is 6.10. The number of furan rings is 1. The molecule has 7 nitrogen and oxygen atoms in total. The second-order valence-electron chi connectivity index (χ2n) is 9.64. The van der Waals surface area contributed by atoms with Crippen LogP contribution in [0, 0.1) is 0 Å². The van der Waals surface area contributed by atoms with E-state index in [1.54, 1.807) is 12.1 Å². The fraction of sp³-hybridized carbons (Fsp3) is 0. The van der Waals surface area contributed by atoms with Crippen LogP contribution in [0.5, 0.6) is 0 Å². The van der Waals surface area contributed by atoms with Crippen molar-refractivity contribution in [2.75, 3.05) is 0 Å². The topological polar surface area (TPSA) is 74.4 Å². The highest BCUT2D eigenvalue weighted by Gasteiger charge is 2.21. The van der Waals surface area contributed by atoms with Crippen LogP contribution in [0.25, 0.3) is 61.3 Å². The Hall–Kier alpha value is -5.69. The van der Waals surface area contributed by atoms with Crippen LogP contribution in [0.1, 0.15) is 0 Å². The number of fused-ring (bicyclic) bond motifs is 6. The number of benzene rings is 5. The molecule has 3 aromatic heterocycles. The van der Waals surface area contributed by atoms with Gasteiger partial charge in [0.05, 0.1) is 22.1 Å². The molecule has 5 aromatic carbocycles. The third-order valence-corrected chi connectivity index (χ3v) is 7.37. The van der Waals surface area contributed by atoms with Gasteiger partial charge in [0.25, 0.3) is 0 Å². The Morgan fingerprint density at radius 1 is 0.600 bits per heavy atom. The Morgan fingerprint density at radius 3 is 2.12 bits per heavy atom. The first-order valence-corrected chi connectivity index (χ1v) is 12.9. The van der Waals surface area contributed by atoms with Gasteiger partial charge in [-0.2, -0.15) is 4.98 Å². The third-order valence-electron chi connectivity index (χ3n) is 7.37. The zero-order valence-corrected chi connectivity index (χ0v) is 21.1. The summed E-state index contributed by atoms with van der Waals surface area (Å²) in [4.78, 5) is 32.4. The molecule has 0 saturated heterocycles. The van der Waals surface area contributed by atoms with E-state index in [-0.39, 0.29) is 5.78 Å². The fourth-order valence-corrected chi connectivity index (χ4v) is 5.61. The summed E-state index contributed by atoms with van der Waals surface area (Å²) in [5.41, 5.74) is 4.83. The zero-order valence-electron chi connectivity index (χ0n) is 21.1. The fourth-order valence-electron chi connectivity index (χ4n) is 5.61. The van der Waals surface area contributed by atoms with E-state index < -0.39 is 11.4 Å². The minimum Gasteiger partial charge on any atom is -0.456 e. The molecule has 3 heterocycles. The molecule has 7 heteroatoms. The van der Waals surface area contributed by atoms with Crippen molar-refractivity contribution in [2.24, 2.45) is 0 Å². The minimum atomic E-state index is -0.661. The summed E-state index contributed by atoms with van der Waals surface area (Å²) in [6.45, 7) is 0. The first kappa shape index (κ1) is 22.3. The maximum absolute atomic E-state index is 14.2. The second kappa shape index (κ2) is 8.41. The molecule has 0 saturated carbocycles. The van der Waals surface area contributed by atoms with Crippen LogP contribution in [0.4, 0.5) is 0 Å². The number of nitrogens with zero attached hydrogens (tertiary/aromatic N) is 4. The Morgan fingerprint density at radius 2 is 1.32 bits per heavy atom. The smallest absolute Gasteiger partial charge is 0.359 e. The Labute approximate surface area is 226 Å². The summed E-state index contributed by atoms with van der Waals surface area (Å²) in [5, 5.41) is 1.50. The molecule has 0 aliphatic heterocycles. The van der Waals surface area contributed by atoms with E-state index in [1.807, 2.05) is 114 Å². The van der Waals surface area contributed by atoms with Crippen molar-refractivity contribution in [1.82, 2.24) is 18.5 Å². The first-order valence-electron chi connectivity index (χ1n) is 12.9. The molecule has 8 aromatic rings. The molecule has 0 aliphatic carbocycles. The van der Waals surface area contributed by atoms with Gasteiger partial charge in [0, 0.05) is 11.1 Å². The average molecular weight is 521 g/mol. The normalized spacial score (nSPS) is 11.7. The van der Waals surface area contributed by atoms with Gasteiger partial charge < -0.3 is 4.42 Å². The number of rotatable bonds is 3. The van der Waals surface area contributed by atoms with Gasteiger partial charge in [-0.25, -0.2) is 18.6 Å². The van der Waals surface area contributed by atoms with Gasteiger partial charge in [0.2, 0.25) is 5.78 Å². The molecule has 0 fully saturated rings. The number of hydrogen-bond acceptors (Lipinski definition) is 4. The lowest BCUT2D eigenvalue weighted by atomic mass is 10.0. The molecule has 0 aliphatic rings. The van der Waals surface area contributed by atoms with Gasteiger partial charge in [-0.05, 0) is 59.7 Å². The van der Waals surface area contributed by atoms with E-state index >= 15 is 0 Å². The summed E-state index contributed by atoms with van der Waals surface area (Å²) < 4.78 is 10.6. The molecule has 190 valence electrons. The molecular weight excluding hydrogens is 500 g/mol. The lowest BCUT2D eigenvalue weighted by molar-refractivity contribution is 0.668. The van der Waals surface area contributed by atoms with Crippen molar-refractivity contribution < 1.29 is 4.42 Å². The van der Waals surface area contributed by atoms with Gasteiger partial charge in [-0.3, -0.25) is 4.57 Å². The van der Waals surface area contributed by atoms with Crippen LogP contribution in [-0.2, 0) is 0 Å². The molecule has 0 amide bonds. The van der Waals surface area contributed by atoms with Crippen LogP contribution >= 0.6 is 0 Å². The summed E-state index contributed by atoms with van der Waals surface area (Å²) in [6, 6.07) is 38.5. The number of imidazole rings is 1. The summed E-state index contributed by atoms with van der Waals surface area (Å²) in [5.74, 6) is 0.259. The van der Waals surface area contributed by atoms with Crippen molar-refractivity contribution in [1.29, 1.82) is 0 Å². The van der Waals surface area contributed by atoms with Gasteiger partial charge in [-0.1, -0.05) is 72.8 Å². The molecule has 0 atom stereocenters. The number of para-hydroxylation sites is 3. The maximum atomic E-state index is 14.2. The monoisotopic (exact) mass is 520 g/mol. The first-order chi connectivity index (χ1) is 19.7. The number of hydrogen-bond donors (Lipinski definition) is 0. The highest BCUT2D eigenvalue weighted by Crippen LogP contribution is 2.35. The summed E-state index contributed by atoms with van der Waals surface area (Å²) in [7, 11) is 0. The number of aromatic nitrogens is 4. The molecule has 0 unspecified atom stereocenters. The van der Waals surface area contributed by atoms with E-state index in [0.29, 0.717) is 27.8 Å². The predicted molar refractivity (Wildman–Crippen MR) is 157 cm³/mol. The van der Waals surface area contributed by atoms with Crippen LogP contribution in [0.2, 0.25) is 0 Å².